The first-order chi connectivity index (χ1) is 7.69. The van der Waals surface area contributed by atoms with E-state index in [1.54, 1.807) is 12.1 Å². The summed E-state index contributed by atoms with van der Waals surface area (Å²) < 4.78 is 15.4. The highest BCUT2D eigenvalue weighted by molar-refractivity contribution is 9.10. The molecule has 0 spiro atoms. The lowest BCUT2D eigenvalue weighted by Crippen LogP contribution is -1.96. The standard InChI is InChI=1S/C12H11BrFNO/c13-11-5-9(1-2-12(11)14)6-15-4-3-10(7-15)8-16/h1-5,7,16H,6,8H2. The van der Waals surface area contributed by atoms with Gasteiger partial charge in [-0.15, -0.1) is 0 Å². The Kier molecular flexibility index (Phi) is 3.41. The molecule has 84 valence electrons. The second-order valence-electron chi connectivity index (χ2n) is 3.60. The molecule has 2 rings (SSSR count). The minimum Gasteiger partial charge on any atom is -0.392 e. The summed E-state index contributed by atoms with van der Waals surface area (Å²) in [7, 11) is 0. The van der Waals surface area contributed by atoms with Crippen LogP contribution in [-0.4, -0.2) is 9.67 Å². The number of rotatable bonds is 3. The Morgan fingerprint density at radius 3 is 2.69 bits per heavy atom. The van der Waals surface area contributed by atoms with Gasteiger partial charge in [-0.1, -0.05) is 6.07 Å². The first-order valence-electron chi connectivity index (χ1n) is 4.88. The van der Waals surface area contributed by atoms with Crippen molar-refractivity contribution >= 4 is 15.9 Å². The van der Waals surface area contributed by atoms with Crippen molar-refractivity contribution in [3.05, 3.63) is 58.1 Å². The van der Waals surface area contributed by atoms with Crippen molar-refractivity contribution < 1.29 is 9.50 Å². The number of benzene rings is 1. The lowest BCUT2D eigenvalue weighted by atomic mass is 10.2. The molecule has 0 amide bonds. The third-order valence-corrected chi connectivity index (χ3v) is 2.95. The van der Waals surface area contributed by atoms with Gasteiger partial charge < -0.3 is 9.67 Å². The number of halogens is 2. The molecule has 1 aromatic heterocycles. The predicted octanol–water partition coefficient (Wildman–Crippen LogP) is 2.93. The Balaban J connectivity index is 2.17. The van der Waals surface area contributed by atoms with Crippen LogP contribution in [0.4, 0.5) is 4.39 Å². The molecule has 0 radical (unpaired) electrons. The van der Waals surface area contributed by atoms with E-state index in [-0.39, 0.29) is 12.4 Å². The third kappa shape index (κ3) is 2.51. The Labute approximate surface area is 101 Å². The maximum absolute atomic E-state index is 13.0. The molecule has 0 atom stereocenters. The lowest BCUT2D eigenvalue weighted by Gasteiger charge is -2.04. The van der Waals surface area contributed by atoms with Gasteiger partial charge in [-0.2, -0.15) is 0 Å². The van der Waals surface area contributed by atoms with Gasteiger partial charge in [0.15, 0.2) is 0 Å². The first kappa shape index (κ1) is 11.4. The highest BCUT2D eigenvalue weighted by atomic mass is 79.9. The van der Waals surface area contributed by atoms with E-state index < -0.39 is 0 Å². The summed E-state index contributed by atoms with van der Waals surface area (Å²) in [6.45, 7) is 0.707. The summed E-state index contributed by atoms with van der Waals surface area (Å²) in [4.78, 5) is 0. The number of aromatic nitrogens is 1. The zero-order valence-electron chi connectivity index (χ0n) is 8.53. The third-order valence-electron chi connectivity index (χ3n) is 2.34. The molecule has 0 aliphatic heterocycles. The van der Waals surface area contributed by atoms with Crippen molar-refractivity contribution in [3.8, 4) is 0 Å². The Morgan fingerprint density at radius 1 is 1.25 bits per heavy atom. The van der Waals surface area contributed by atoms with Crippen LogP contribution in [0.25, 0.3) is 0 Å². The van der Waals surface area contributed by atoms with Gasteiger partial charge >= 0.3 is 0 Å². The fourth-order valence-corrected chi connectivity index (χ4v) is 1.96. The van der Waals surface area contributed by atoms with E-state index in [0.717, 1.165) is 11.1 Å². The maximum atomic E-state index is 13.0. The average Bonchev–Trinajstić information content (AvgIpc) is 2.71. The van der Waals surface area contributed by atoms with Gasteiger partial charge in [0.05, 0.1) is 11.1 Å². The first-order valence-corrected chi connectivity index (χ1v) is 5.68. The topological polar surface area (TPSA) is 25.2 Å². The Bertz CT molecular complexity index is 496. The van der Waals surface area contributed by atoms with Crippen molar-refractivity contribution in [2.45, 2.75) is 13.2 Å². The van der Waals surface area contributed by atoms with Crippen LogP contribution >= 0.6 is 15.9 Å². The van der Waals surface area contributed by atoms with Crippen molar-refractivity contribution in [3.63, 3.8) is 0 Å². The molecule has 0 fully saturated rings. The highest BCUT2D eigenvalue weighted by Gasteiger charge is 2.01. The van der Waals surface area contributed by atoms with Gasteiger partial charge in [-0.05, 0) is 45.3 Å². The van der Waals surface area contributed by atoms with E-state index in [4.69, 9.17) is 5.11 Å². The SMILES string of the molecule is OCc1ccn(Cc2ccc(F)c(Br)c2)c1. The summed E-state index contributed by atoms with van der Waals surface area (Å²) in [6.07, 6.45) is 3.76. The maximum Gasteiger partial charge on any atom is 0.137 e. The summed E-state index contributed by atoms with van der Waals surface area (Å²) >= 11 is 3.15. The summed E-state index contributed by atoms with van der Waals surface area (Å²) in [5, 5.41) is 8.93. The molecular formula is C12H11BrFNO. The molecule has 0 aliphatic carbocycles. The molecule has 0 unspecified atom stereocenters. The van der Waals surface area contributed by atoms with Crippen LogP contribution in [0.5, 0.6) is 0 Å². The van der Waals surface area contributed by atoms with Crippen molar-refractivity contribution in [2.24, 2.45) is 0 Å². The number of aliphatic hydroxyl groups excluding tert-OH is 1. The van der Waals surface area contributed by atoms with Crippen LogP contribution in [0.1, 0.15) is 11.1 Å². The highest BCUT2D eigenvalue weighted by Crippen LogP contribution is 2.17. The van der Waals surface area contributed by atoms with E-state index in [1.165, 1.54) is 6.07 Å². The molecular weight excluding hydrogens is 273 g/mol. The zero-order chi connectivity index (χ0) is 11.5. The van der Waals surface area contributed by atoms with Gasteiger partial charge in [0.2, 0.25) is 0 Å². The molecule has 2 aromatic rings. The normalized spacial score (nSPS) is 10.7. The molecule has 1 N–H and O–H groups in total. The van der Waals surface area contributed by atoms with Crippen LogP contribution in [0.2, 0.25) is 0 Å². The molecule has 16 heavy (non-hydrogen) atoms. The fraction of sp³-hybridized carbons (Fsp3) is 0.167. The molecule has 1 heterocycles. The van der Waals surface area contributed by atoms with E-state index in [0.29, 0.717) is 11.0 Å². The van der Waals surface area contributed by atoms with Crippen LogP contribution < -0.4 is 0 Å². The van der Waals surface area contributed by atoms with Crippen LogP contribution in [0.3, 0.4) is 0 Å². The minimum absolute atomic E-state index is 0.0418. The molecule has 1 aromatic carbocycles. The van der Waals surface area contributed by atoms with E-state index >= 15 is 0 Å². The Hall–Kier alpha value is -1.13. The molecule has 0 saturated heterocycles. The molecule has 0 bridgehead atoms. The van der Waals surface area contributed by atoms with E-state index in [9.17, 15) is 4.39 Å². The Morgan fingerprint density at radius 2 is 2.06 bits per heavy atom. The van der Waals surface area contributed by atoms with E-state index in [2.05, 4.69) is 15.9 Å². The van der Waals surface area contributed by atoms with Gasteiger partial charge in [0, 0.05) is 18.9 Å². The minimum atomic E-state index is -0.257. The average molecular weight is 284 g/mol. The van der Waals surface area contributed by atoms with Gasteiger partial charge in [0.25, 0.3) is 0 Å². The van der Waals surface area contributed by atoms with Crippen LogP contribution in [0.15, 0.2) is 41.1 Å². The number of aliphatic hydroxyl groups is 1. The van der Waals surface area contributed by atoms with Gasteiger partial charge in [-0.25, -0.2) is 4.39 Å². The summed E-state index contributed by atoms with van der Waals surface area (Å²) in [5.41, 5.74) is 1.88. The second-order valence-corrected chi connectivity index (χ2v) is 4.45. The van der Waals surface area contributed by atoms with Gasteiger partial charge in [0.1, 0.15) is 5.82 Å². The van der Waals surface area contributed by atoms with E-state index in [1.807, 2.05) is 23.0 Å². The smallest absolute Gasteiger partial charge is 0.137 e. The van der Waals surface area contributed by atoms with Crippen molar-refractivity contribution in [1.29, 1.82) is 0 Å². The van der Waals surface area contributed by atoms with Gasteiger partial charge in [-0.3, -0.25) is 0 Å². The van der Waals surface area contributed by atoms with Crippen molar-refractivity contribution in [1.82, 2.24) is 4.57 Å². The summed E-state index contributed by atoms with van der Waals surface area (Å²) in [5.74, 6) is -0.257. The molecule has 4 heteroatoms. The molecule has 0 saturated carbocycles. The monoisotopic (exact) mass is 283 g/mol. The summed E-state index contributed by atoms with van der Waals surface area (Å²) in [6, 6.07) is 6.81. The predicted molar refractivity (Wildman–Crippen MR) is 63.6 cm³/mol. The lowest BCUT2D eigenvalue weighted by molar-refractivity contribution is 0.282. The molecule has 2 nitrogen and oxygen atoms in total. The number of hydrogen-bond donors (Lipinski definition) is 1. The fourth-order valence-electron chi connectivity index (χ4n) is 1.53. The number of hydrogen-bond acceptors (Lipinski definition) is 1. The van der Waals surface area contributed by atoms with Crippen LogP contribution in [0, 0.1) is 5.82 Å². The molecule has 0 aliphatic rings. The second kappa shape index (κ2) is 4.80. The largest absolute Gasteiger partial charge is 0.392 e. The van der Waals surface area contributed by atoms with Crippen LogP contribution in [-0.2, 0) is 13.2 Å². The zero-order valence-corrected chi connectivity index (χ0v) is 10.1. The number of nitrogens with zero attached hydrogens (tertiary/aromatic N) is 1. The quantitative estimate of drug-likeness (QED) is 0.921. The van der Waals surface area contributed by atoms with Crippen molar-refractivity contribution in [2.75, 3.05) is 0 Å².